The average molecular weight is 301 g/mol. The molecular weight excluding hydrogens is 276 g/mol. The first-order valence-corrected chi connectivity index (χ1v) is 7.88. The molecule has 0 nitrogen and oxygen atoms in total. The third-order valence-corrected chi connectivity index (χ3v) is 4.12. The molecule has 0 saturated carbocycles. The molecule has 0 aliphatic rings. The number of hydrogen-bond donors (Lipinski definition) is 0. The normalized spacial score (nSPS) is 12.5. The van der Waals surface area contributed by atoms with Gasteiger partial charge in [-0.15, -0.1) is 0 Å². The van der Waals surface area contributed by atoms with E-state index in [9.17, 15) is 0 Å². The quantitative estimate of drug-likeness (QED) is 0.556. The zero-order valence-corrected chi connectivity index (χ0v) is 14.7. The molecule has 0 N–H and O–H groups in total. The van der Waals surface area contributed by atoms with Gasteiger partial charge in [0.15, 0.2) is 0 Å². The molecular formula is C20H25Cl. The van der Waals surface area contributed by atoms with Crippen LogP contribution in [0, 0.1) is 0 Å². The van der Waals surface area contributed by atoms with E-state index in [2.05, 4.69) is 77.9 Å². The second kappa shape index (κ2) is 5.50. The Morgan fingerprint density at radius 2 is 1.24 bits per heavy atom. The molecule has 0 aliphatic heterocycles. The summed E-state index contributed by atoms with van der Waals surface area (Å²) in [6.07, 6.45) is 0. The number of benzene rings is 2. The Morgan fingerprint density at radius 3 is 1.71 bits per heavy atom. The van der Waals surface area contributed by atoms with Crippen LogP contribution in [0.2, 0.25) is 5.02 Å². The predicted octanol–water partition coefficient (Wildman–Crippen LogP) is 6.60. The fourth-order valence-corrected chi connectivity index (χ4v) is 3.07. The summed E-state index contributed by atoms with van der Waals surface area (Å²) in [7, 11) is 0. The number of hydrogen-bond acceptors (Lipinski definition) is 0. The zero-order valence-electron chi connectivity index (χ0n) is 13.9. The summed E-state index contributed by atoms with van der Waals surface area (Å²) in [5, 5.41) is 0.856. The Bertz CT molecular complexity index is 625. The molecule has 0 radical (unpaired) electrons. The Morgan fingerprint density at radius 1 is 0.714 bits per heavy atom. The monoisotopic (exact) mass is 300 g/mol. The van der Waals surface area contributed by atoms with Gasteiger partial charge in [-0.1, -0.05) is 89.5 Å². The highest BCUT2D eigenvalue weighted by molar-refractivity contribution is 6.31. The van der Waals surface area contributed by atoms with Gasteiger partial charge < -0.3 is 0 Å². The molecule has 2 aromatic carbocycles. The molecule has 0 fully saturated rings. The lowest BCUT2D eigenvalue weighted by Gasteiger charge is -2.28. The van der Waals surface area contributed by atoms with Crippen molar-refractivity contribution in [3.05, 3.63) is 58.6 Å². The molecule has 0 amide bonds. The van der Waals surface area contributed by atoms with E-state index in [4.69, 9.17) is 11.6 Å². The molecule has 21 heavy (non-hydrogen) atoms. The lowest BCUT2D eigenvalue weighted by Crippen LogP contribution is -2.18. The third-order valence-electron chi connectivity index (χ3n) is 3.81. The summed E-state index contributed by atoms with van der Waals surface area (Å²) < 4.78 is 0. The molecule has 0 spiro atoms. The second-order valence-corrected chi connectivity index (χ2v) is 8.15. The van der Waals surface area contributed by atoms with E-state index in [1.165, 1.54) is 22.3 Å². The van der Waals surface area contributed by atoms with E-state index in [1.807, 2.05) is 6.07 Å². The van der Waals surface area contributed by atoms with Gasteiger partial charge in [-0.3, -0.25) is 0 Å². The average Bonchev–Trinajstić information content (AvgIpc) is 2.36. The fourth-order valence-electron chi connectivity index (χ4n) is 2.63. The van der Waals surface area contributed by atoms with E-state index in [1.54, 1.807) is 0 Å². The lowest BCUT2D eigenvalue weighted by atomic mass is 9.77. The van der Waals surface area contributed by atoms with Crippen molar-refractivity contribution in [1.29, 1.82) is 0 Å². The topological polar surface area (TPSA) is 0 Å². The zero-order chi connectivity index (χ0) is 15.8. The molecule has 2 aromatic rings. The van der Waals surface area contributed by atoms with Crippen LogP contribution in [0.5, 0.6) is 0 Å². The number of halogens is 1. The Hall–Kier alpha value is -1.27. The Labute approximate surface area is 134 Å². The summed E-state index contributed by atoms with van der Waals surface area (Å²) in [4.78, 5) is 0. The first-order valence-electron chi connectivity index (χ1n) is 7.50. The molecule has 0 bridgehead atoms. The summed E-state index contributed by atoms with van der Waals surface area (Å²) >= 11 is 6.59. The fraction of sp³-hybridized carbons (Fsp3) is 0.400. The highest BCUT2D eigenvalue weighted by atomic mass is 35.5. The van der Waals surface area contributed by atoms with Crippen LogP contribution in [0.1, 0.15) is 52.7 Å². The van der Waals surface area contributed by atoms with Crippen molar-refractivity contribution in [1.82, 2.24) is 0 Å². The van der Waals surface area contributed by atoms with Crippen LogP contribution >= 0.6 is 11.6 Å². The first-order chi connectivity index (χ1) is 9.60. The summed E-state index contributed by atoms with van der Waals surface area (Å²) in [6.45, 7) is 13.4. The van der Waals surface area contributed by atoms with Gasteiger partial charge in [0.05, 0.1) is 0 Å². The summed E-state index contributed by atoms with van der Waals surface area (Å²) in [6, 6.07) is 14.9. The van der Waals surface area contributed by atoms with Crippen LogP contribution < -0.4 is 0 Å². The van der Waals surface area contributed by atoms with Crippen LogP contribution in [0.25, 0.3) is 11.1 Å². The van der Waals surface area contributed by atoms with Gasteiger partial charge in [0.2, 0.25) is 0 Å². The van der Waals surface area contributed by atoms with Crippen molar-refractivity contribution in [3.63, 3.8) is 0 Å². The minimum atomic E-state index is 0.0479. The number of rotatable bonds is 1. The standard InChI is InChI=1S/C20H25Cl/c1-19(2,3)16-13-17(20(4,5)6)18(21)12-15(16)14-10-8-7-9-11-14/h7-13H,1-6H3. The minimum absolute atomic E-state index is 0.0479. The maximum Gasteiger partial charge on any atom is 0.0449 e. The molecule has 0 aromatic heterocycles. The maximum atomic E-state index is 6.59. The largest absolute Gasteiger partial charge is 0.0840 e. The van der Waals surface area contributed by atoms with Gasteiger partial charge >= 0.3 is 0 Å². The van der Waals surface area contributed by atoms with Gasteiger partial charge in [0.1, 0.15) is 0 Å². The minimum Gasteiger partial charge on any atom is -0.0840 e. The molecule has 2 rings (SSSR count). The van der Waals surface area contributed by atoms with Gasteiger partial charge in [-0.2, -0.15) is 0 Å². The van der Waals surface area contributed by atoms with Crippen LogP contribution in [-0.4, -0.2) is 0 Å². The highest BCUT2D eigenvalue weighted by Crippen LogP contribution is 2.40. The van der Waals surface area contributed by atoms with E-state index in [0.29, 0.717) is 0 Å². The SMILES string of the molecule is CC(C)(C)c1cc(C(C)(C)C)c(-c2ccccc2)cc1Cl. The van der Waals surface area contributed by atoms with E-state index in [-0.39, 0.29) is 10.8 Å². The van der Waals surface area contributed by atoms with Gasteiger partial charge in [0.25, 0.3) is 0 Å². The molecule has 0 saturated heterocycles. The van der Waals surface area contributed by atoms with Crippen molar-refractivity contribution < 1.29 is 0 Å². The van der Waals surface area contributed by atoms with Crippen molar-refractivity contribution in [2.75, 3.05) is 0 Å². The van der Waals surface area contributed by atoms with Gasteiger partial charge in [-0.25, -0.2) is 0 Å². The van der Waals surface area contributed by atoms with Crippen LogP contribution in [0.4, 0.5) is 0 Å². The molecule has 0 aliphatic carbocycles. The van der Waals surface area contributed by atoms with Gasteiger partial charge in [-0.05, 0) is 39.2 Å². The smallest absolute Gasteiger partial charge is 0.0449 e. The van der Waals surface area contributed by atoms with Crippen LogP contribution in [0.3, 0.4) is 0 Å². The van der Waals surface area contributed by atoms with Crippen LogP contribution in [0.15, 0.2) is 42.5 Å². The van der Waals surface area contributed by atoms with E-state index in [0.717, 1.165) is 5.02 Å². The predicted molar refractivity (Wildman–Crippen MR) is 94.3 cm³/mol. The van der Waals surface area contributed by atoms with E-state index < -0.39 is 0 Å². The third kappa shape index (κ3) is 3.49. The second-order valence-electron chi connectivity index (χ2n) is 7.74. The maximum absolute atomic E-state index is 6.59. The van der Waals surface area contributed by atoms with Gasteiger partial charge in [0, 0.05) is 5.02 Å². The highest BCUT2D eigenvalue weighted by Gasteiger charge is 2.25. The first kappa shape index (κ1) is 16.1. The van der Waals surface area contributed by atoms with Crippen molar-refractivity contribution in [2.24, 2.45) is 0 Å². The Kier molecular flexibility index (Phi) is 4.22. The molecule has 0 heterocycles. The summed E-state index contributed by atoms with van der Waals surface area (Å²) in [5.74, 6) is 0. The van der Waals surface area contributed by atoms with Crippen molar-refractivity contribution in [2.45, 2.75) is 52.4 Å². The van der Waals surface area contributed by atoms with Crippen LogP contribution in [-0.2, 0) is 10.8 Å². The van der Waals surface area contributed by atoms with Crippen molar-refractivity contribution >= 4 is 11.6 Å². The molecule has 1 heteroatoms. The van der Waals surface area contributed by atoms with Crippen molar-refractivity contribution in [3.8, 4) is 11.1 Å². The molecule has 0 atom stereocenters. The Balaban J connectivity index is 2.75. The summed E-state index contributed by atoms with van der Waals surface area (Å²) in [5.41, 5.74) is 5.16. The lowest BCUT2D eigenvalue weighted by molar-refractivity contribution is 0.570. The molecule has 112 valence electrons. The van der Waals surface area contributed by atoms with E-state index >= 15 is 0 Å². The molecule has 0 unspecified atom stereocenters.